The Morgan fingerprint density at radius 2 is 2.13 bits per heavy atom. The molecule has 1 saturated heterocycles. The molecule has 0 aromatic carbocycles. The van der Waals surface area contributed by atoms with Crippen molar-refractivity contribution in [1.82, 2.24) is 4.90 Å². The first-order chi connectivity index (χ1) is 10.8. The molecule has 0 spiro atoms. The summed E-state index contributed by atoms with van der Waals surface area (Å²) < 4.78 is 39.6. The number of nitrogens with zero attached hydrogens (tertiary/aromatic N) is 1. The molecule has 1 aromatic heterocycles. The second kappa shape index (κ2) is 5.70. The van der Waals surface area contributed by atoms with Crippen LogP contribution in [0.3, 0.4) is 0 Å². The van der Waals surface area contributed by atoms with E-state index in [2.05, 4.69) is 0 Å². The minimum Gasteiger partial charge on any atom is -0.481 e. The molecule has 1 N–H and O–H groups in total. The van der Waals surface area contributed by atoms with E-state index in [1.165, 1.54) is 23.1 Å². The van der Waals surface area contributed by atoms with E-state index in [1.807, 2.05) is 11.4 Å². The molecule has 23 heavy (non-hydrogen) atoms. The van der Waals surface area contributed by atoms with Crippen molar-refractivity contribution in [2.45, 2.75) is 24.3 Å². The molecular weight excluding hydrogens is 351 g/mol. The number of carbonyl (C=O) groups is 2. The lowest BCUT2D eigenvalue weighted by Crippen LogP contribution is -2.48. The maximum absolute atomic E-state index is 13.2. The zero-order chi connectivity index (χ0) is 16.8. The molecule has 0 aliphatic carbocycles. The van der Waals surface area contributed by atoms with Gasteiger partial charge in [-0.25, -0.2) is 0 Å². The monoisotopic (exact) mass is 365 g/mol. The number of fused-ring (bicyclic) bond motifs is 1. The van der Waals surface area contributed by atoms with Crippen LogP contribution >= 0.6 is 23.1 Å². The van der Waals surface area contributed by atoms with Gasteiger partial charge in [0.05, 0.1) is 0 Å². The van der Waals surface area contributed by atoms with Crippen molar-refractivity contribution < 1.29 is 27.9 Å². The number of aliphatic carboxylic acids is 1. The first-order valence-electron chi connectivity index (χ1n) is 7.03. The first kappa shape index (κ1) is 16.6. The quantitative estimate of drug-likeness (QED) is 0.876. The number of aryl methyl sites for hydroxylation is 1. The van der Waals surface area contributed by atoms with Gasteiger partial charge in [-0.2, -0.15) is 13.2 Å². The molecule has 3 heterocycles. The fraction of sp³-hybridized carbons (Fsp3) is 0.571. The van der Waals surface area contributed by atoms with Crippen LogP contribution in [-0.4, -0.2) is 46.9 Å². The molecule has 1 amide bonds. The summed E-state index contributed by atoms with van der Waals surface area (Å²) in [6.07, 6.45) is -4.62. The first-order valence-corrected chi connectivity index (χ1v) is 8.96. The number of hydrogen-bond acceptors (Lipinski definition) is 4. The minimum atomic E-state index is -4.87. The van der Waals surface area contributed by atoms with E-state index in [9.17, 15) is 22.8 Å². The Morgan fingerprint density at radius 1 is 1.39 bits per heavy atom. The van der Waals surface area contributed by atoms with Crippen LogP contribution in [0, 0.1) is 5.41 Å². The second-order valence-electron chi connectivity index (χ2n) is 5.69. The normalized spacial score (nSPS) is 27.8. The van der Waals surface area contributed by atoms with Crippen molar-refractivity contribution in [2.75, 3.05) is 18.8 Å². The number of alkyl halides is 3. The number of carbonyl (C=O) groups excluding carboxylic acids is 1. The molecule has 0 saturated carbocycles. The van der Waals surface area contributed by atoms with Crippen LogP contribution in [0.1, 0.15) is 22.1 Å². The molecule has 0 radical (unpaired) electrons. The number of rotatable bonds is 2. The minimum absolute atomic E-state index is 0.179. The number of carboxylic acids is 1. The number of thiophene rings is 1. The van der Waals surface area contributed by atoms with Gasteiger partial charge in [0.25, 0.3) is 0 Å². The average molecular weight is 365 g/mol. The number of thioether (sulfide) groups is 1. The topological polar surface area (TPSA) is 57.6 Å². The Morgan fingerprint density at radius 3 is 2.74 bits per heavy atom. The van der Waals surface area contributed by atoms with Crippen molar-refractivity contribution in [1.29, 1.82) is 0 Å². The van der Waals surface area contributed by atoms with E-state index in [0.29, 0.717) is 0 Å². The lowest BCUT2D eigenvalue weighted by Gasteiger charge is -2.29. The molecule has 4 nitrogen and oxygen atoms in total. The van der Waals surface area contributed by atoms with Crippen molar-refractivity contribution in [3.63, 3.8) is 0 Å². The van der Waals surface area contributed by atoms with Crippen LogP contribution in [0.2, 0.25) is 0 Å². The number of likely N-dealkylation sites (tertiary alicyclic amines) is 1. The summed E-state index contributed by atoms with van der Waals surface area (Å²) in [4.78, 5) is 26.0. The van der Waals surface area contributed by atoms with Gasteiger partial charge in [0.15, 0.2) is 5.41 Å². The van der Waals surface area contributed by atoms with Crippen LogP contribution in [0.25, 0.3) is 0 Å². The predicted molar refractivity (Wildman–Crippen MR) is 80.5 cm³/mol. The molecule has 9 heteroatoms. The molecule has 2 aliphatic heterocycles. The second-order valence-corrected chi connectivity index (χ2v) is 7.91. The molecule has 2 atom stereocenters. The van der Waals surface area contributed by atoms with Crippen LogP contribution < -0.4 is 0 Å². The van der Waals surface area contributed by atoms with E-state index >= 15 is 0 Å². The Hall–Kier alpha value is -1.22. The highest BCUT2D eigenvalue weighted by molar-refractivity contribution is 8.00. The van der Waals surface area contributed by atoms with Gasteiger partial charge >= 0.3 is 12.1 Å². The number of carboxylic acid groups (broad SMARTS) is 1. The third kappa shape index (κ3) is 2.63. The zero-order valence-corrected chi connectivity index (χ0v) is 13.6. The van der Waals surface area contributed by atoms with Crippen LogP contribution in [0.5, 0.6) is 0 Å². The standard InChI is InChI=1S/C14H14F3NO3S2/c15-14(16,17)13(12(20)21)3-4-18(7-13)11(19)10-8-1-5-22-9(8)2-6-23-10/h1,5,10H,2-4,6-7H2,(H,20,21). The van der Waals surface area contributed by atoms with Gasteiger partial charge in [0.1, 0.15) is 5.25 Å². The van der Waals surface area contributed by atoms with Crippen molar-refractivity contribution >= 4 is 35.0 Å². The van der Waals surface area contributed by atoms with E-state index in [4.69, 9.17) is 5.11 Å². The Balaban J connectivity index is 1.83. The van der Waals surface area contributed by atoms with Gasteiger partial charge in [-0.1, -0.05) is 0 Å². The predicted octanol–water partition coefficient (Wildman–Crippen LogP) is 2.94. The highest BCUT2D eigenvalue weighted by Crippen LogP contribution is 2.48. The number of hydrogen-bond donors (Lipinski definition) is 1. The van der Waals surface area contributed by atoms with Gasteiger partial charge in [-0.3, -0.25) is 9.59 Å². The molecule has 1 aromatic rings. The van der Waals surface area contributed by atoms with Gasteiger partial charge < -0.3 is 10.0 Å². The Kier molecular flexibility index (Phi) is 4.12. The highest BCUT2D eigenvalue weighted by atomic mass is 32.2. The number of amides is 1. The fourth-order valence-electron chi connectivity index (χ4n) is 3.04. The summed E-state index contributed by atoms with van der Waals surface area (Å²) in [5.74, 6) is -1.59. The van der Waals surface area contributed by atoms with Gasteiger partial charge in [0, 0.05) is 18.0 Å². The van der Waals surface area contributed by atoms with Crippen molar-refractivity contribution in [3.05, 3.63) is 21.9 Å². The Bertz CT molecular complexity index is 645. The van der Waals surface area contributed by atoms with E-state index < -0.39 is 41.7 Å². The van der Waals surface area contributed by atoms with E-state index in [0.717, 1.165) is 27.5 Å². The molecule has 2 aliphatic rings. The van der Waals surface area contributed by atoms with Gasteiger partial charge in [-0.05, 0) is 35.6 Å². The third-order valence-corrected chi connectivity index (χ3v) is 6.66. The maximum atomic E-state index is 13.2. The zero-order valence-electron chi connectivity index (χ0n) is 11.9. The SMILES string of the molecule is O=C(C1SCCc2sccc21)N1CCC(C(=O)O)(C(F)(F)F)C1. The van der Waals surface area contributed by atoms with Crippen LogP contribution in [0.15, 0.2) is 11.4 Å². The molecule has 2 unspecified atom stereocenters. The Labute approximate surface area is 138 Å². The summed E-state index contributed by atoms with van der Waals surface area (Å²) in [7, 11) is 0. The molecular formula is C14H14F3NO3S2. The van der Waals surface area contributed by atoms with E-state index in [-0.39, 0.29) is 6.54 Å². The smallest absolute Gasteiger partial charge is 0.406 e. The van der Waals surface area contributed by atoms with Gasteiger partial charge in [-0.15, -0.1) is 23.1 Å². The van der Waals surface area contributed by atoms with Crippen LogP contribution in [-0.2, 0) is 16.0 Å². The highest BCUT2D eigenvalue weighted by Gasteiger charge is 2.64. The van der Waals surface area contributed by atoms with Crippen LogP contribution in [0.4, 0.5) is 13.2 Å². The fourth-order valence-corrected chi connectivity index (χ4v) is 5.42. The third-order valence-electron chi connectivity index (χ3n) is 4.43. The van der Waals surface area contributed by atoms with Gasteiger partial charge in [0.2, 0.25) is 5.91 Å². The molecule has 0 bridgehead atoms. The molecule has 1 fully saturated rings. The maximum Gasteiger partial charge on any atom is 0.406 e. The summed E-state index contributed by atoms with van der Waals surface area (Å²) in [6, 6.07) is 1.83. The molecule has 126 valence electrons. The summed E-state index contributed by atoms with van der Waals surface area (Å²) in [5, 5.41) is 10.4. The lowest BCUT2D eigenvalue weighted by atomic mass is 9.86. The van der Waals surface area contributed by atoms with E-state index in [1.54, 1.807) is 0 Å². The largest absolute Gasteiger partial charge is 0.481 e. The average Bonchev–Trinajstić information content (AvgIpc) is 3.12. The summed E-state index contributed by atoms with van der Waals surface area (Å²) in [5.41, 5.74) is -1.99. The van der Waals surface area contributed by atoms with Crippen molar-refractivity contribution in [3.8, 4) is 0 Å². The summed E-state index contributed by atoms with van der Waals surface area (Å²) >= 11 is 2.95. The van der Waals surface area contributed by atoms with Crippen molar-refractivity contribution in [2.24, 2.45) is 5.41 Å². The number of halogens is 3. The molecule has 3 rings (SSSR count). The summed E-state index contributed by atoms with van der Waals surface area (Å²) in [6.45, 7) is -0.984. The lowest BCUT2D eigenvalue weighted by molar-refractivity contribution is -0.227.